The summed E-state index contributed by atoms with van der Waals surface area (Å²) in [5.74, 6) is 0.441. The first-order valence-corrected chi connectivity index (χ1v) is 7.95. The molecule has 0 bridgehead atoms. The molecule has 21 heavy (non-hydrogen) atoms. The molecule has 6 heteroatoms. The molecule has 116 valence electrons. The van der Waals surface area contributed by atoms with E-state index in [1.807, 2.05) is 26.8 Å². The van der Waals surface area contributed by atoms with Crippen molar-refractivity contribution in [3.05, 3.63) is 22.9 Å². The Morgan fingerprint density at radius 1 is 1.52 bits per heavy atom. The second-order valence-electron chi connectivity index (χ2n) is 6.35. The number of aromatic nitrogens is 1. The number of carbonyl (C=O) groups excluding carboxylic acids is 1. The van der Waals surface area contributed by atoms with E-state index in [2.05, 4.69) is 26.2 Å². The third-order valence-corrected chi connectivity index (χ3v) is 3.67. The molecule has 1 aliphatic heterocycles. The van der Waals surface area contributed by atoms with E-state index in [1.54, 1.807) is 17.3 Å². The van der Waals surface area contributed by atoms with Gasteiger partial charge in [0.2, 0.25) is 0 Å². The van der Waals surface area contributed by atoms with Gasteiger partial charge >= 0.3 is 6.09 Å². The number of hydrogen-bond donors (Lipinski definition) is 1. The van der Waals surface area contributed by atoms with Crippen molar-refractivity contribution >= 4 is 27.7 Å². The van der Waals surface area contributed by atoms with Gasteiger partial charge in [0, 0.05) is 30.3 Å². The monoisotopic (exact) mass is 355 g/mol. The van der Waals surface area contributed by atoms with Crippen LogP contribution in [0.25, 0.3) is 0 Å². The van der Waals surface area contributed by atoms with E-state index in [1.165, 1.54) is 0 Å². The largest absolute Gasteiger partial charge is 0.444 e. The number of likely N-dealkylation sites (tertiary alicyclic amines) is 1. The summed E-state index contributed by atoms with van der Waals surface area (Å²) in [7, 11) is 0. The average Bonchev–Trinajstić information content (AvgIpc) is 2.83. The molecule has 1 atom stereocenters. The second kappa shape index (κ2) is 6.64. The van der Waals surface area contributed by atoms with Crippen LogP contribution in [0.2, 0.25) is 0 Å². The molecule has 1 N–H and O–H groups in total. The normalized spacial score (nSPS) is 18.7. The maximum Gasteiger partial charge on any atom is 0.410 e. The summed E-state index contributed by atoms with van der Waals surface area (Å²) in [6, 6.07) is 1.99. The fraction of sp³-hybridized carbons (Fsp3) is 0.600. The first-order chi connectivity index (χ1) is 9.83. The lowest BCUT2D eigenvalue weighted by atomic mass is 10.1. The molecule has 2 rings (SSSR count). The summed E-state index contributed by atoms with van der Waals surface area (Å²) in [6.07, 6.45) is 4.33. The number of nitrogens with one attached hydrogen (secondary N) is 1. The lowest BCUT2D eigenvalue weighted by Gasteiger charge is -2.24. The van der Waals surface area contributed by atoms with Gasteiger partial charge in [-0.1, -0.05) is 0 Å². The molecular formula is C15H22BrN3O2. The Morgan fingerprint density at radius 3 is 2.95 bits per heavy atom. The van der Waals surface area contributed by atoms with Crippen LogP contribution in [-0.2, 0) is 4.74 Å². The van der Waals surface area contributed by atoms with Crippen LogP contribution in [0.3, 0.4) is 0 Å². The van der Waals surface area contributed by atoms with Crippen LogP contribution in [0.4, 0.5) is 10.5 Å². The number of hydrogen-bond acceptors (Lipinski definition) is 4. The Hall–Kier alpha value is -1.30. The smallest absolute Gasteiger partial charge is 0.410 e. The van der Waals surface area contributed by atoms with Gasteiger partial charge in [-0.15, -0.1) is 0 Å². The average molecular weight is 356 g/mol. The van der Waals surface area contributed by atoms with Gasteiger partial charge in [0.15, 0.2) is 0 Å². The molecule has 0 spiro atoms. The third kappa shape index (κ3) is 5.19. The van der Waals surface area contributed by atoms with Crippen molar-refractivity contribution in [3.63, 3.8) is 0 Å². The Labute approximate surface area is 134 Å². The minimum atomic E-state index is -0.435. The summed E-state index contributed by atoms with van der Waals surface area (Å²) in [5, 5.41) is 3.36. The minimum Gasteiger partial charge on any atom is -0.444 e. The molecule has 5 nitrogen and oxygen atoms in total. The summed E-state index contributed by atoms with van der Waals surface area (Å²) in [5.41, 5.74) is 0.551. The van der Waals surface area contributed by atoms with Crippen molar-refractivity contribution in [2.75, 3.05) is 25.0 Å². The summed E-state index contributed by atoms with van der Waals surface area (Å²) in [6.45, 7) is 8.00. The predicted molar refractivity (Wildman–Crippen MR) is 86.3 cm³/mol. The standard InChI is InChI=1S/C15H22BrN3O2/c1-15(2,3)21-14(20)19-5-4-11(10-19)7-18-13-6-12(16)8-17-9-13/h6,8-9,11,18H,4-5,7,10H2,1-3H3/t11-/m1/s1. The molecule has 1 aromatic heterocycles. The number of anilines is 1. The zero-order valence-corrected chi connectivity index (χ0v) is 14.3. The maximum absolute atomic E-state index is 12.0. The number of halogens is 1. The molecule has 0 aromatic carbocycles. The number of ether oxygens (including phenoxy) is 1. The summed E-state index contributed by atoms with van der Waals surface area (Å²) >= 11 is 3.40. The van der Waals surface area contributed by atoms with E-state index in [9.17, 15) is 4.79 Å². The van der Waals surface area contributed by atoms with Gasteiger partial charge in [0.1, 0.15) is 5.60 Å². The van der Waals surface area contributed by atoms with Crippen molar-refractivity contribution in [1.29, 1.82) is 0 Å². The molecule has 1 aliphatic rings. The van der Waals surface area contributed by atoms with Crippen LogP contribution < -0.4 is 5.32 Å². The Bertz CT molecular complexity index is 502. The van der Waals surface area contributed by atoms with Crippen LogP contribution in [0.15, 0.2) is 22.9 Å². The Kier molecular flexibility index (Phi) is 5.08. The van der Waals surface area contributed by atoms with Crippen molar-refractivity contribution in [1.82, 2.24) is 9.88 Å². The number of rotatable bonds is 3. The highest BCUT2D eigenvalue weighted by atomic mass is 79.9. The van der Waals surface area contributed by atoms with Crippen LogP contribution in [0.1, 0.15) is 27.2 Å². The zero-order chi connectivity index (χ0) is 15.5. The van der Waals surface area contributed by atoms with Crippen LogP contribution in [0.5, 0.6) is 0 Å². The van der Waals surface area contributed by atoms with E-state index < -0.39 is 5.60 Å². The number of nitrogens with zero attached hydrogens (tertiary/aromatic N) is 2. The number of pyridine rings is 1. The van der Waals surface area contributed by atoms with Crippen molar-refractivity contribution < 1.29 is 9.53 Å². The molecule has 1 fully saturated rings. The second-order valence-corrected chi connectivity index (χ2v) is 7.27. The molecule has 1 saturated heterocycles. The third-order valence-electron chi connectivity index (χ3n) is 3.24. The van der Waals surface area contributed by atoms with Crippen molar-refractivity contribution in [2.24, 2.45) is 5.92 Å². The van der Waals surface area contributed by atoms with Crippen LogP contribution in [0, 0.1) is 5.92 Å². The van der Waals surface area contributed by atoms with Gasteiger partial charge in [-0.25, -0.2) is 4.79 Å². The van der Waals surface area contributed by atoms with Gasteiger partial charge in [-0.3, -0.25) is 4.98 Å². The van der Waals surface area contributed by atoms with E-state index in [0.717, 1.165) is 36.2 Å². The first-order valence-electron chi connectivity index (χ1n) is 7.16. The van der Waals surface area contributed by atoms with E-state index in [-0.39, 0.29) is 6.09 Å². The maximum atomic E-state index is 12.0. The predicted octanol–water partition coefficient (Wildman–Crippen LogP) is 3.51. The van der Waals surface area contributed by atoms with Gasteiger partial charge in [0.25, 0.3) is 0 Å². The molecule has 2 heterocycles. The lowest BCUT2D eigenvalue weighted by Crippen LogP contribution is -2.35. The van der Waals surface area contributed by atoms with Crippen molar-refractivity contribution in [3.8, 4) is 0 Å². The first kappa shape index (κ1) is 16.1. The van der Waals surface area contributed by atoms with Crippen LogP contribution >= 0.6 is 15.9 Å². The quantitative estimate of drug-likeness (QED) is 0.901. The molecule has 1 aromatic rings. The van der Waals surface area contributed by atoms with E-state index in [0.29, 0.717) is 5.92 Å². The fourth-order valence-corrected chi connectivity index (χ4v) is 2.63. The van der Waals surface area contributed by atoms with Crippen molar-refractivity contribution in [2.45, 2.75) is 32.8 Å². The minimum absolute atomic E-state index is 0.214. The summed E-state index contributed by atoms with van der Waals surface area (Å²) in [4.78, 5) is 17.9. The molecule has 1 amide bonds. The van der Waals surface area contributed by atoms with Gasteiger partial charge in [-0.2, -0.15) is 0 Å². The van der Waals surface area contributed by atoms with Gasteiger partial charge in [0.05, 0.1) is 11.9 Å². The highest BCUT2D eigenvalue weighted by Gasteiger charge is 2.29. The van der Waals surface area contributed by atoms with E-state index in [4.69, 9.17) is 4.74 Å². The Balaban J connectivity index is 1.79. The molecule has 0 aliphatic carbocycles. The van der Waals surface area contributed by atoms with Gasteiger partial charge in [-0.05, 0) is 55.1 Å². The molecule has 0 saturated carbocycles. The molecule has 0 unspecified atom stereocenters. The Morgan fingerprint density at radius 2 is 2.29 bits per heavy atom. The fourth-order valence-electron chi connectivity index (χ4n) is 2.26. The lowest BCUT2D eigenvalue weighted by molar-refractivity contribution is 0.0289. The zero-order valence-electron chi connectivity index (χ0n) is 12.7. The van der Waals surface area contributed by atoms with E-state index >= 15 is 0 Å². The molecule has 0 radical (unpaired) electrons. The number of carbonyl (C=O) groups is 1. The van der Waals surface area contributed by atoms with Gasteiger partial charge < -0.3 is 15.0 Å². The highest BCUT2D eigenvalue weighted by Crippen LogP contribution is 2.21. The summed E-state index contributed by atoms with van der Waals surface area (Å²) < 4.78 is 6.35. The highest BCUT2D eigenvalue weighted by molar-refractivity contribution is 9.10. The SMILES string of the molecule is CC(C)(C)OC(=O)N1CC[C@H](CNc2cncc(Br)c2)C1. The number of amides is 1. The topological polar surface area (TPSA) is 54.5 Å². The van der Waals surface area contributed by atoms with Crippen LogP contribution in [-0.4, -0.2) is 41.2 Å². The molecular weight excluding hydrogens is 334 g/mol.